The van der Waals surface area contributed by atoms with Crippen LogP contribution in [0.25, 0.3) is 10.9 Å². The van der Waals surface area contributed by atoms with Crippen molar-refractivity contribution in [1.29, 1.82) is 0 Å². The number of pyridine rings is 1. The SMILES string of the molecule is Cc1cc(=O)[nH]c2cc3c(cc12)OCCN3C(C)C. The van der Waals surface area contributed by atoms with Gasteiger partial charge in [-0.25, -0.2) is 0 Å². The van der Waals surface area contributed by atoms with Crippen LogP contribution in [0.1, 0.15) is 19.4 Å². The smallest absolute Gasteiger partial charge is 0.248 e. The molecule has 1 aromatic heterocycles. The lowest BCUT2D eigenvalue weighted by Crippen LogP contribution is -2.37. The van der Waals surface area contributed by atoms with E-state index in [1.54, 1.807) is 6.07 Å². The van der Waals surface area contributed by atoms with E-state index in [9.17, 15) is 4.79 Å². The van der Waals surface area contributed by atoms with E-state index < -0.39 is 0 Å². The summed E-state index contributed by atoms with van der Waals surface area (Å²) >= 11 is 0. The van der Waals surface area contributed by atoms with Crippen LogP contribution in [0, 0.1) is 6.92 Å². The molecule has 0 unspecified atom stereocenters. The summed E-state index contributed by atoms with van der Waals surface area (Å²) in [7, 11) is 0. The van der Waals surface area contributed by atoms with Gasteiger partial charge in [0.25, 0.3) is 0 Å². The lowest BCUT2D eigenvalue weighted by molar-refractivity contribution is 0.303. The van der Waals surface area contributed by atoms with E-state index in [0.717, 1.165) is 34.4 Å². The fraction of sp³-hybridized carbons (Fsp3) is 0.400. The van der Waals surface area contributed by atoms with Gasteiger partial charge >= 0.3 is 0 Å². The first-order chi connectivity index (χ1) is 9.06. The van der Waals surface area contributed by atoms with E-state index in [1.165, 1.54) is 0 Å². The van der Waals surface area contributed by atoms with E-state index in [0.29, 0.717) is 12.6 Å². The topological polar surface area (TPSA) is 45.3 Å². The van der Waals surface area contributed by atoms with Crippen molar-refractivity contribution in [3.63, 3.8) is 0 Å². The number of hydrogen-bond donors (Lipinski definition) is 1. The van der Waals surface area contributed by atoms with Gasteiger partial charge < -0.3 is 14.6 Å². The maximum Gasteiger partial charge on any atom is 0.248 e. The van der Waals surface area contributed by atoms with E-state index in [4.69, 9.17) is 4.74 Å². The first-order valence-corrected chi connectivity index (χ1v) is 6.63. The number of aromatic nitrogens is 1. The molecule has 1 aliphatic rings. The fourth-order valence-corrected chi connectivity index (χ4v) is 2.69. The third kappa shape index (κ3) is 1.97. The summed E-state index contributed by atoms with van der Waals surface area (Å²) in [6.07, 6.45) is 0. The Morgan fingerprint density at radius 2 is 2.11 bits per heavy atom. The van der Waals surface area contributed by atoms with Crippen LogP contribution in [0.5, 0.6) is 5.75 Å². The predicted octanol–water partition coefficient (Wildman–Crippen LogP) is 2.44. The lowest BCUT2D eigenvalue weighted by atomic mass is 10.1. The van der Waals surface area contributed by atoms with Crippen molar-refractivity contribution in [2.75, 3.05) is 18.1 Å². The van der Waals surface area contributed by atoms with Gasteiger partial charge in [0, 0.05) is 17.5 Å². The molecule has 0 bridgehead atoms. The first-order valence-electron chi connectivity index (χ1n) is 6.63. The Morgan fingerprint density at radius 1 is 1.32 bits per heavy atom. The molecule has 0 radical (unpaired) electrons. The molecule has 0 aliphatic carbocycles. The zero-order valence-electron chi connectivity index (χ0n) is 11.5. The Morgan fingerprint density at radius 3 is 2.84 bits per heavy atom. The van der Waals surface area contributed by atoms with Gasteiger partial charge in [0.15, 0.2) is 0 Å². The summed E-state index contributed by atoms with van der Waals surface area (Å²) < 4.78 is 5.76. The van der Waals surface area contributed by atoms with Gasteiger partial charge in [-0.15, -0.1) is 0 Å². The number of aromatic amines is 1. The molecule has 100 valence electrons. The maximum atomic E-state index is 11.6. The molecule has 1 N–H and O–H groups in total. The highest BCUT2D eigenvalue weighted by Gasteiger charge is 2.21. The van der Waals surface area contributed by atoms with Crippen molar-refractivity contribution in [3.05, 3.63) is 34.1 Å². The quantitative estimate of drug-likeness (QED) is 0.854. The molecule has 2 aromatic rings. The number of nitrogens with one attached hydrogen (secondary N) is 1. The number of fused-ring (bicyclic) bond motifs is 2. The summed E-state index contributed by atoms with van der Waals surface area (Å²) in [5.74, 6) is 0.905. The van der Waals surface area contributed by atoms with Crippen LogP contribution >= 0.6 is 0 Å². The molecule has 1 aliphatic heterocycles. The van der Waals surface area contributed by atoms with Crippen LogP contribution in [0.15, 0.2) is 23.0 Å². The molecular formula is C15H18N2O2. The van der Waals surface area contributed by atoms with Crippen LogP contribution in [0.2, 0.25) is 0 Å². The van der Waals surface area contributed by atoms with Crippen LogP contribution in [0.3, 0.4) is 0 Å². The second-order valence-electron chi connectivity index (χ2n) is 5.32. The summed E-state index contributed by atoms with van der Waals surface area (Å²) in [5.41, 5.74) is 2.86. The van der Waals surface area contributed by atoms with Crippen molar-refractivity contribution in [1.82, 2.24) is 4.98 Å². The summed E-state index contributed by atoms with van der Waals surface area (Å²) in [4.78, 5) is 16.8. The molecule has 4 nitrogen and oxygen atoms in total. The van der Waals surface area contributed by atoms with Crippen molar-refractivity contribution < 1.29 is 4.74 Å². The fourth-order valence-electron chi connectivity index (χ4n) is 2.69. The second-order valence-corrected chi connectivity index (χ2v) is 5.32. The molecule has 19 heavy (non-hydrogen) atoms. The highest BCUT2D eigenvalue weighted by atomic mass is 16.5. The number of hydrogen-bond acceptors (Lipinski definition) is 3. The van der Waals surface area contributed by atoms with Crippen molar-refractivity contribution in [2.24, 2.45) is 0 Å². The molecular weight excluding hydrogens is 240 g/mol. The van der Waals surface area contributed by atoms with Gasteiger partial charge in [-0.2, -0.15) is 0 Å². The number of ether oxygens (including phenoxy) is 1. The molecule has 0 atom stereocenters. The standard InChI is InChI=1S/C15H18N2O2/c1-9(2)17-4-5-19-14-7-11-10(3)6-15(18)16-12(11)8-13(14)17/h6-9H,4-5H2,1-3H3,(H,16,18). The lowest BCUT2D eigenvalue weighted by Gasteiger charge is -2.34. The third-order valence-corrected chi connectivity index (χ3v) is 3.65. The van der Waals surface area contributed by atoms with Crippen molar-refractivity contribution in [3.8, 4) is 5.75 Å². The zero-order chi connectivity index (χ0) is 13.6. The number of anilines is 1. The van der Waals surface area contributed by atoms with Gasteiger partial charge in [0.2, 0.25) is 5.56 Å². The van der Waals surface area contributed by atoms with Gasteiger partial charge in [-0.3, -0.25) is 4.79 Å². The molecule has 1 aromatic carbocycles. The predicted molar refractivity (Wildman–Crippen MR) is 77.3 cm³/mol. The van der Waals surface area contributed by atoms with Crippen LogP contribution in [0.4, 0.5) is 5.69 Å². The minimum atomic E-state index is -0.0576. The van der Waals surface area contributed by atoms with Crippen LogP contribution in [-0.2, 0) is 0 Å². The van der Waals surface area contributed by atoms with Gasteiger partial charge in [0.05, 0.1) is 17.7 Å². The molecule has 0 fully saturated rings. The second kappa shape index (κ2) is 4.30. The minimum absolute atomic E-state index is 0.0576. The maximum absolute atomic E-state index is 11.6. The summed E-state index contributed by atoms with van der Waals surface area (Å²) in [6.45, 7) is 7.87. The number of benzene rings is 1. The number of rotatable bonds is 1. The van der Waals surface area contributed by atoms with Gasteiger partial charge in [-0.1, -0.05) is 0 Å². The third-order valence-electron chi connectivity index (χ3n) is 3.65. The number of nitrogens with zero attached hydrogens (tertiary/aromatic N) is 1. The average Bonchev–Trinajstić information content (AvgIpc) is 2.35. The Hall–Kier alpha value is -1.97. The highest BCUT2D eigenvalue weighted by molar-refractivity contribution is 5.88. The van der Waals surface area contributed by atoms with Crippen LogP contribution < -0.4 is 15.2 Å². The average molecular weight is 258 g/mol. The molecule has 0 saturated heterocycles. The Kier molecular flexibility index (Phi) is 2.73. The van der Waals surface area contributed by atoms with Crippen LogP contribution in [-0.4, -0.2) is 24.2 Å². The molecule has 0 saturated carbocycles. The zero-order valence-corrected chi connectivity index (χ0v) is 11.5. The largest absolute Gasteiger partial charge is 0.490 e. The van der Waals surface area contributed by atoms with E-state index in [-0.39, 0.29) is 5.56 Å². The minimum Gasteiger partial charge on any atom is -0.490 e. The normalized spacial score (nSPS) is 14.6. The molecule has 2 heterocycles. The van der Waals surface area contributed by atoms with Gasteiger partial charge in [0.1, 0.15) is 12.4 Å². The summed E-state index contributed by atoms with van der Waals surface area (Å²) in [5, 5.41) is 1.05. The number of H-pyrrole nitrogens is 1. The molecule has 0 spiro atoms. The van der Waals surface area contributed by atoms with E-state index in [1.807, 2.05) is 19.1 Å². The van der Waals surface area contributed by atoms with Crippen molar-refractivity contribution in [2.45, 2.75) is 26.8 Å². The van der Waals surface area contributed by atoms with E-state index >= 15 is 0 Å². The summed E-state index contributed by atoms with van der Waals surface area (Å²) in [6, 6.07) is 6.09. The monoisotopic (exact) mass is 258 g/mol. The molecule has 0 amide bonds. The van der Waals surface area contributed by atoms with E-state index in [2.05, 4.69) is 23.7 Å². The Balaban J connectivity index is 2.27. The molecule has 3 rings (SSSR count). The Labute approximate surface area is 112 Å². The highest BCUT2D eigenvalue weighted by Crippen LogP contribution is 2.36. The Bertz CT molecular complexity index is 688. The molecule has 4 heteroatoms. The van der Waals surface area contributed by atoms with Crippen molar-refractivity contribution >= 4 is 16.6 Å². The number of aryl methyl sites for hydroxylation is 1. The first kappa shape index (κ1) is 12.1. The van der Waals surface area contributed by atoms with Gasteiger partial charge in [-0.05, 0) is 38.5 Å².